The number of anilines is 2. The quantitative estimate of drug-likeness (QED) is 0.670. The molecule has 30 heavy (non-hydrogen) atoms. The molecule has 2 aromatic rings. The van der Waals surface area contributed by atoms with Gasteiger partial charge >= 0.3 is 0 Å². The van der Waals surface area contributed by atoms with E-state index in [4.69, 9.17) is 0 Å². The lowest BCUT2D eigenvalue weighted by atomic mass is 10.1. The number of aryl methyl sites for hydroxylation is 1. The molecule has 2 rings (SSSR count). The number of carbonyl (C=O) groups excluding carboxylic acids is 2. The van der Waals surface area contributed by atoms with Gasteiger partial charge in [0.2, 0.25) is 15.9 Å². The third-order valence-electron chi connectivity index (χ3n) is 4.76. The molecule has 0 unspecified atom stereocenters. The Morgan fingerprint density at radius 1 is 1.07 bits per heavy atom. The van der Waals surface area contributed by atoms with E-state index in [1.807, 2.05) is 26.8 Å². The average molecular weight is 432 g/mol. The number of amides is 2. The molecule has 2 aromatic carbocycles. The van der Waals surface area contributed by atoms with Gasteiger partial charge in [-0.2, -0.15) is 0 Å². The van der Waals surface area contributed by atoms with E-state index < -0.39 is 22.0 Å². The van der Waals surface area contributed by atoms with Crippen molar-refractivity contribution >= 4 is 33.2 Å². The van der Waals surface area contributed by atoms with Crippen LogP contribution in [0, 0.1) is 6.92 Å². The number of carbonyl (C=O) groups is 2. The molecule has 0 bridgehead atoms. The smallest absolute Gasteiger partial charge is 0.253 e. The van der Waals surface area contributed by atoms with Gasteiger partial charge in [0.1, 0.15) is 6.04 Å². The maximum Gasteiger partial charge on any atom is 0.253 e. The summed E-state index contributed by atoms with van der Waals surface area (Å²) in [7, 11) is -3.72. The molecule has 2 amide bonds. The maximum absolute atomic E-state index is 13.0. The molecule has 0 radical (unpaired) electrons. The lowest BCUT2D eigenvalue weighted by molar-refractivity contribution is -0.116. The highest BCUT2D eigenvalue weighted by atomic mass is 32.2. The van der Waals surface area contributed by atoms with Crippen molar-refractivity contribution in [1.29, 1.82) is 0 Å². The third kappa shape index (κ3) is 5.82. The van der Waals surface area contributed by atoms with Gasteiger partial charge in [0, 0.05) is 6.04 Å². The second kappa shape index (κ2) is 9.75. The summed E-state index contributed by atoms with van der Waals surface area (Å²) in [5.41, 5.74) is 1.93. The molecule has 2 N–H and O–H groups in total. The number of para-hydroxylation sites is 1. The average Bonchev–Trinajstić information content (AvgIpc) is 2.67. The van der Waals surface area contributed by atoms with Crippen molar-refractivity contribution < 1.29 is 18.0 Å². The number of nitrogens with zero attached hydrogens (tertiary/aromatic N) is 1. The van der Waals surface area contributed by atoms with Crippen LogP contribution in [0.25, 0.3) is 0 Å². The largest absolute Gasteiger partial charge is 0.350 e. The Balaban J connectivity index is 2.31. The zero-order chi connectivity index (χ0) is 22.5. The SMILES string of the molecule is CC[C@H](C)NC(=O)c1ccccc1NC(=O)[C@@H](C)N(c1cccc(C)c1)S(C)(=O)=O. The first-order chi connectivity index (χ1) is 14.0. The minimum atomic E-state index is -3.72. The Kier molecular flexibility index (Phi) is 7.61. The van der Waals surface area contributed by atoms with Crippen LogP contribution in [0.15, 0.2) is 48.5 Å². The van der Waals surface area contributed by atoms with Crippen LogP contribution in [0.3, 0.4) is 0 Å². The van der Waals surface area contributed by atoms with Crippen LogP contribution < -0.4 is 14.9 Å². The van der Waals surface area contributed by atoms with Crippen molar-refractivity contribution in [2.45, 2.75) is 46.2 Å². The van der Waals surface area contributed by atoms with Crippen molar-refractivity contribution in [3.8, 4) is 0 Å². The lowest BCUT2D eigenvalue weighted by Gasteiger charge is -2.28. The zero-order valence-corrected chi connectivity index (χ0v) is 18.8. The van der Waals surface area contributed by atoms with E-state index in [0.29, 0.717) is 16.9 Å². The summed E-state index contributed by atoms with van der Waals surface area (Å²) in [5.74, 6) is -0.836. The van der Waals surface area contributed by atoms with Gasteiger partial charge in [0.05, 0.1) is 23.2 Å². The fraction of sp³-hybridized carbons (Fsp3) is 0.364. The summed E-state index contributed by atoms with van der Waals surface area (Å²) in [5, 5.41) is 5.58. The Labute approximate surface area is 178 Å². The van der Waals surface area contributed by atoms with E-state index in [1.54, 1.807) is 42.5 Å². The summed E-state index contributed by atoms with van der Waals surface area (Å²) >= 11 is 0. The van der Waals surface area contributed by atoms with E-state index in [9.17, 15) is 18.0 Å². The molecule has 0 saturated heterocycles. The minimum absolute atomic E-state index is 0.0118. The second-order valence-electron chi connectivity index (χ2n) is 7.39. The Bertz CT molecular complexity index is 1020. The fourth-order valence-electron chi connectivity index (χ4n) is 3.00. The number of hydrogen-bond acceptors (Lipinski definition) is 4. The third-order valence-corrected chi connectivity index (χ3v) is 6.01. The van der Waals surface area contributed by atoms with Crippen LogP contribution in [-0.4, -0.2) is 38.6 Å². The number of hydrogen-bond donors (Lipinski definition) is 2. The standard InChI is InChI=1S/C22H29N3O4S/c1-6-16(3)23-22(27)19-12-7-8-13-20(19)24-21(26)17(4)25(30(5,28)29)18-11-9-10-15(2)14-18/h7-14,16-17H,6H2,1-5H3,(H,23,27)(H,24,26)/t16-,17+/m0/s1. The number of nitrogens with one attached hydrogen (secondary N) is 2. The molecule has 7 nitrogen and oxygen atoms in total. The highest BCUT2D eigenvalue weighted by Gasteiger charge is 2.30. The van der Waals surface area contributed by atoms with E-state index >= 15 is 0 Å². The molecular formula is C22H29N3O4S. The number of benzene rings is 2. The van der Waals surface area contributed by atoms with Crippen molar-refractivity contribution in [1.82, 2.24) is 5.32 Å². The van der Waals surface area contributed by atoms with Gasteiger partial charge in [-0.05, 0) is 57.0 Å². The predicted octanol–water partition coefficient (Wildman–Crippen LogP) is 3.32. The second-order valence-corrected chi connectivity index (χ2v) is 9.25. The Morgan fingerprint density at radius 2 is 1.73 bits per heavy atom. The van der Waals surface area contributed by atoms with Crippen LogP contribution in [0.4, 0.5) is 11.4 Å². The van der Waals surface area contributed by atoms with Gasteiger partial charge in [-0.1, -0.05) is 31.2 Å². The van der Waals surface area contributed by atoms with Gasteiger partial charge in [0.25, 0.3) is 5.91 Å². The van der Waals surface area contributed by atoms with E-state index in [0.717, 1.165) is 22.5 Å². The van der Waals surface area contributed by atoms with Crippen molar-refractivity contribution in [2.75, 3.05) is 15.9 Å². The normalized spacial score (nSPS) is 13.2. The summed E-state index contributed by atoms with van der Waals surface area (Å²) in [6.45, 7) is 7.22. The first-order valence-electron chi connectivity index (χ1n) is 9.81. The summed E-state index contributed by atoms with van der Waals surface area (Å²) < 4.78 is 26.0. The van der Waals surface area contributed by atoms with Gasteiger partial charge in [-0.25, -0.2) is 8.42 Å². The molecule has 0 aliphatic rings. The molecule has 0 aromatic heterocycles. The van der Waals surface area contributed by atoms with Crippen molar-refractivity contribution in [2.24, 2.45) is 0 Å². The Hall–Kier alpha value is -2.87. The maximum atomic E-state index is 13.0. The fourth-order valence-corrected chi connectivity index (χ4v) is 4.17. The molecule has 0 saturated carbocycles. The topological polar surface area (TPSA) is 95.6 Å². The minimum Gasteiger partial charge on any atom is -0.350 e. The van der Waals surface area contributed by atoms with Gasteiger partial charge in [-0.3, -0.25) is 13.9 Å². The van der Waals surface area contributed by atoms with E-state index in [2.05, 4.69) is 10.6 Å². The lowest BCUT2D eigenvalue weighted by Crippen LogP contribution is -2.45. The first-order valence-corrected chi connectivity index (χ1v) is 11.7. The monoisotopic (exact) mass is 431 g/mol. The molecule has 8 heteroatoms. The Morgan fingerprint density at radius 3 is 2.33 bits per heavy atom. The van der Waals surface area contributed by atoms with Crippen LogP contribution in [0.1, 0.15) is 43.1 Å². The molecule has 2 atom stereocenters. The van der Waals surface area contributed by atoms with Crippen molar-refractivity contribution in [3.05, 3.63) is 59.7 Å². The van der Waals surface area contributed by atoms with Crippen molar-refractivity contribution in [3.63, 3.8) is 0 Å². The zero-order valence-electron chi connectivity index (χ0n) is 18.0. The van der Waals surface area contributed by atoms with Gasteiger partial charge in [-0.15, -0.1) is 0 Å². The van der Waals surface area contributed by atoms with Gasteiger partial charge < -0.3 is 10.6 Å². The van der Waals surface area contributed by atoms with Crippen LogP contribution in [-0.2, 0) is 14.8 Å². The van der Waals surface area contributed by atoms with Gasteiger partial charge in [0.15, 0.2) is 0 Å². The molecular weight excluding hydrogens is 402 g/mol. The molecule has 0 fully saturated rings. The highest BCUT2D eigenvalue weighted by Crippen LogP contribution is 2.23. The summed E-state index contributed by atoms with van der Waals surface area (Å²) in [4.78, 5) is 25.5. The summed E-state index contributed by atoms with van der Waals surface area (Å²) in [6.07, 6.45) is 1.84. The van der Waals surface area contributed by atoms with E-state index in [-0.39, 0.29) is 11.9 Å². The van der Waals surface area contributed by atoms with Crippen LogP contribution >= 0.6 is 0 Å². The first kappa shape index (κ1) is 23.4. The highest BCUT2D eigenvalue weighted by molar-refractivity contribution is 7.92. The van der Waals surface area contributed by atoms with E-state index in [1.165, 1.54) is 6.92 Å². The molecule has 0 aliphatic heterocycles. The molecule has 0 heterocycles. The van der Waals surface area contributed by atoms with Crippen LogP contribution in [0.2, 0.25) is 0 Å². The molecule has 0 spiro atoms. The summed E-state index contributed by atoms with van der Waals surface area (Å²) in [6, 6.07) is 12.6. The molecule has 0 aliphatic carbocycles. The number of rotatable bonds is 8. The predicted molar refractivity (Wildman–Crippen MR) is 120 cm³/mol. The number of sulfonamides is 1. The van der Waals surface area contributed by atoms with Crippen LogP contribution in [0.5, 0.6) is 0 Å². The molecule has 162 valence electrons.